The molecule has 0 aliphatic heterocycles. The zero-order valence-electron chi connectivity index (χ0n) is 12.3. The van der Waals surface area contributed by atoms with Crippen molar-refractivity contribution in [2.75, 3.05) is 13.7 Å². The van der Waals surface area contributed by atoms with Gasteiger partial charge in [0.2, 0.25) is 0 Å². The van der Waals surface area contributed by atoms with E-state index >= 15 is 0 Å². The molecule has 0 amide bonds. The molecule has 1 heterocycles. The first-order valence-electron chi connectivity index (χ1n) is 6.94. The topological polar surface area (TPSA) is 34.1 Å². The van der Waals surface area contributed by atoms with Crippen molar-refractivity contribution >= 4 is 11.3 Å². The Bertz CT molecular complexity index is 522. The molecule has 20 heavy (non-hydrogen) atoms. The Kier molecular flexibility index (Phi) is 5.56. The van der Waals surface area contributed by atoms with E-state index < -0.39 is 0 Å². The number of hydrogen-bond acceptors (Lipinski definition) is 4. The van der Waals surface area contributed by atoms with Crippen LogP contribution in [0.5, 0.6) is 5.75 Å². The third-order valence-corrected chi connectivity index (χ3v) is 4.06. The van der Waals surface area contributed by atoms with Crippen LogP contribution < -0.4 is 10.1 Å². The molecular formula is C16H22N2OS. The molecular weight excluding hydrogens is 268 g/mol. The molecule has 1 atom stereocenters. The van der Waals surface area contributed by atoms with Gasteiger partial charge in [-0.15, -0.1) is 11.3 Å². The maximum absolute atomic E-state index is 5.17. The molecule has 0 aliphatic rings. The van der Waals surface area contributed by atoms with E-state index in [-0.39, 0.29) is 0 Å². The van der Waals surface area contributed by atoms with Crippen LogP contribution in [0.15, 0.2) is 29.6 Å². The summed E-state index contributed by atoms with van der Waals surface area (Å²) in [5.41, 5.74) is 2.52. The highest BCUT2D eigenvalue weighted by atomic mass is 32.1. The predicted octanol–water partition coefficient (Wildman–Crippen LogP) is 3.22. The van der Waals surface area contributed by atoms with Crippen molar-refractivity contribution in [3.05, 3.63) is 45.9 Å². The van der Waals surface area contributed by atoms with Gasteiger partial charge in [-0.1, -0.05) is 12.1 Å². The first-order valence-corrected chi connectivity index (χ1v) is 7.82. The summed E-state index contributed by atoms with van der Waals surface area (Å²) in [6.45, 7) is 5.24. The van der Waals surface area contributed by atoms with Crippen LogP contribution in [0.25, 0.3) is 0 Å². The van der Waals surface area contributed by atoms with Crippen molar-refractivity contribution in [1.29, 1.82) is 0 Å². The number of hydrogen-bond donors (Lipinski definition) is 1. The monoisotopic (exact) mass is 290 g/mol. The first-order chi connectivity index (χ1) is 9.67. The van der Waals surface area contributed by atoms with Crippen LogP contribution in [0.3, 0.4) is 0 Å². The summed E-state index contributed by atoms with van der Waals surface area (Å²) in [6.07, 6.45) is 2.03. The molecule has 1 aromatic carbocycles. The summed E-state index contributed by atoms with van der Waals surface area (Å²) < 4.78 is 5.17. The standard InChI is InChI=1S/C16H22N2OS/c1-12(10-14-4-6-16(19-3)7-5-14)17-9-8-15-11-20-13(2)18-15/h4-7,11-12,17H,8-10H2,1-3H3. The SMILES string of the molecule is COc1ccc(CC(C)NCCc2csc(C)n2)cc1. The van der Waals surface area contributed by atoms with Gasteiger partial charge in [0.1, 0.15) is 5.75 Å². The highest BCUT2D eigenvalue weighted by Crippen LogP contribution is 2.13. The largest absolute Gasteiger partial charge is 0.497 e. The molecule has 1 unspecified atom stereocenters. The van der Waals surface area contributed by atoms with Gasteiger partial charge < -0.3 is 10.1 Å². The normalized spacial score (nSPS) is 12.3. The fraction of sp³-hybridized carbons (Fsp3) is 0.438. The molecule has 4 heteroatoms. The Labute approximate surface area is 125 Å². The third kappa shape index (κ3) is 4.62. The second-order valence-corrected chi connectivity index (χ2v) is 6.08. The van der Waals surface area contributed by atoms with E-state index in [2.05, 4.69) is 34.7 Å². The van der Waals surface area contributed by atoms with Crippen molar-refractivity contribution < 1.29 is 4.74 Å². The number of benzene rings is 1. The lowest BCUT2D eigenvalue weighted by atomic mass is 10.1. The maximum atomic E-state index is 5.17. The van der Waals surface area contributed by atoms with Gasteiger partial charge in [0, 0.05) is 24.4 Å². The molecule has 1 N–H and O–H groups in total. The zero-order valence-corrected chi connectivity index (χ0v) is 13.2. The van der Waals surface area contributed by atoms with Gasteiger partial charge in [-0.25, -0.2) is 4.98 Å². The summed E-state index contributed by atoms with van der Waals surface area (Å²) in [6, 6.07) is 8.74. The summed E-state index contributed by atoms with van der Waals surface area (Å²) in [7, 11) is 1.69. The fourth-order valence-electron chi connectivity index (χ4n) is 2.16. The summed E-state index contributed by atoms with van der Waals surface area (Å²) in [5, 5.41) is 6.84. The van der Waals surface area contributed by atoms with Crippen molar-refractivity contribution in [1.82, 2.24) is 10.3 Å². The number of methoxy groups -OCH3 is 1. The molecule has 0 saturated heterocycles. The Balaban J connectivity index is 1.72. The van der Waals surface area contributed by atoms with E-state index in [1.54, 1.807) is 18.4 Å². The van der Waals surface area contributed by atoms with E-state index in [1.165, 1.54) is 11.3 Å². The molecule has 0 saturated carbocycles. The molecule has 1 aromatic heterocycles. The minimum absolute atomic E-state index is 0.461. The maximum Gasteiger partial charge on any atom is 0.118 e. The van der Waals surface area contributed by atoms with Crippen LogP contribution >= 0.6 is 11.3 Å². The summed E-state index contributed by atoms with van der Waals surface area (Å²) in [4.78, 5) is 4.48. The van der Waals surface area contributed by atoms with E-state index in [9.17, 15) is 0 Å². The Hall–Kier alpha value is -1.39. The number of nitrogens with one attached hydrogen (secondary N) is 1. The van der Waals surface area contributed by atoms with Gasteiger partial charge in [0.05, 0.1) is 17.8 Å². The summed E-state index contributed by atoms with van der Waals surface area (Å²) in [5.74, 6) is 0.910. The molecule has 2 rings (SSSR count). The zero-order chi connectivity index (χ0) is 14.4. The van der Waals surface area contributed by atoms with Crippen LogP contribution in [-0.4, -0.2) is 24.7 Å². The average molecular weight is 290 g/mol. The molecule has 0 aliphatic carbocycles. The number of ether oxygens (including phenoxy) is 1. The van der Waals surface area contributed by atoms with E-state index in [4.69, 9.17) is 4.74 Å². The van der Waals surface area contributed by atoms with Gasteiger partial charge in [-0.3, -0.25) is 0 Å². The molecule has 108 valence electrons. The van der Waals surface area contributed by atoms with E-state index in [1.807, 2.05) is 19.1 Å². The molecule has 0 bridgehead atoms. The second-order valence-electron chi connectivity index (χ2n) is 5.02. The van der Waals surface area contributed by atoms with E-state index in [0.717, 1.165) is 30.1 Å². The third-order valence-electron chi connectivity index (χ3n) is 3.24. The minimum atomic E-state index is 0.461. The lowest BCUT2D eigenvalue weighted by Gasteiger charge is -2.13. The molecule has 3 nitrogen and oxygen atoms in total. The number of aromatic nitrogens is 1. The van der Waals surface area contributed by atoms with Crippen molar-refractivity contribution in [3.63, 3.8) is 0 Å². The quantitative estimate of drug-likeness (QED) is 0.850. The number of rotatable bonds is 7. The first kappa shape index (κ1) is 15.0. The van der Waals surface area contributed by atoms with Crippen molar-refractivity contribution in [2.45, 2.75) is 32.7 Å². The highest BCUT2D eigenvalue weighted by molar-refractivity contribution is 7.09. The average Bonchev–Trinajstić information content (AvgIpc) is 2.85. The van der Waals surface area contributed by atoms with Crippen LogP contribution in [0, 0.1) is 6.92 Å². The highest BCUT2D eigenvalue weighted by Gasteiger charge is 2.04. The summed E-state index contributed by atoms with van der Waals surface area (Å²) >= 11 is 1.72. The molecule has 0 radical (unpaired) electrons. The molecule has 2 aromatic rings. The smallest absolute Gasteiger partial charge is 0.118 e. The van der Waals surface area contributed by atoms with Gasteiger partial charge in [-0.05, 0) is 38.0 Å². The van der Waals surface area contributed by atoms with Crippen LogP contribution in [-0.2, 0) is 12.8 Å². The van der Waals surface area contributed by atoms with Crippen molar-refractivity contribution in [2.24, 2.45) is 0 Å². The number of aryl methyl sites for hydroxylation is 1. The van der Waals surface area contributed by atoms with Gasteiger partial charge in [0.25, 0.3) is 0 Å². The second kappa shape index (κ2) is 7.41. The van der Waals surface area contributed by atoms with Crippen LogP contribution in [0.4, 0.5) is 0 Å². The van der Waals surface area contributed by atoms with Crippen LogP contribution in [0.1, 0.15) is 23.2 Å². The van der Waals surface area contributed by atoms with Crippen molar-refractivity contribution in [3.8, 4) is 5.75 Å². The Morgan fingerprint density at radius 1 is 1.30 bits per heavy atom. The van der Waals surface area contributed by atoms with E-state index in [0.29, 0.717) is 6.04 Å². The number of thiazole rings is 1. The van der Waals surface area contributed by atoms with Gasteiger partial charge in [0.15, 0.2) is 0 Å². The minimum Gasteiger partial charge on any atom is -0.497 e. The predicted molar refractivity (Wildman–Crippen MR) is 84.7 cm³/mol. The molecule has 0 fully saturated rings. The lowest BCUT2D eigenvalue weighted by molar-refractivity contribution is 0.414. The van der Waals surface area contributed by atoms with Crippen LogP contribution in [0.2, 0.25) is 0 Å². The Morgan fingerprint density at radius 2 is 2.05 bits per heavy atom. The number of nitrogens with zero attached hydrogens (tertiary/aromatic N) is 1. The fourth-order valence-corrected chi connectivity index (χ4v) is 2.80. The molecule has 0 spiro atoms. The Morgan fingerprint density at radius 3 is 2.65 bits per heavy atom. The van der Waals surface area contributed by atoms with Gasteiger partial charge in [-0.2, -0.15) is 0 Å². The van der Waals surface area contributed by atoms with Gasteiger partial charge >= 0.3 is 0 Å². The lowest BCUT2D eigenvalue weighted by Crippen LogP contribution is -2.30.